The number of nitrogens with one attached hydrogen (secondary N) is 2. The Morgan fingerprint density at radius 3 is 2.69 bits per heavy atom. The van der Waals surface area contributed by atoms with Crippen LogP contribution in [-0.4, -0.2) is 45.4 Å². The first kappa shape index (κ1) is 18.3. The zero-order chi connectivity index (χ0) is 18.0. The summed E-state index contributed by atoms with van der Waals surface area (Å²) in [6, 6.07) is 18.4. The minimum atomic E-state index is 0.294. The molecular formula is C21H27N3O2. The van der Waals surface area contributed by atoms with Crippen molar-refractivity contribution in [2.24, 2.45) is 4.99 Å². The van der Waals surface area contributed by atoms with Gasteiger partial charge in [-0.05, 0) is 24.5 Å². The van der Waals surface area contributed by atoms with Crippen LogP contribution in [0.25, 0.3) is 11.1 Å². The van der Waals surface area contributed by atoms with Gasteiger partial charge < -0.3 is 20.1 Å². The molecule has 0 amide bonds. The highest BCUT2D eigenvalue weighted by atomic mass is 16.5. The number of nitrogens with zero attached hydrogens (tertiary/aromatic N) is 1. The van der Waals surface area contributed by atoms with Crippen LogP contribution in [0.15, 0.2) is 59.6 Å². The lowest BCUT2D eigenvalue weighted by Gasteiger charge is -2.16. The van der Waals surface area contributed by atoms with Gasteiger partial charge in [-0.1, -0.05) is 48.5 Å². The summed E-state index contributed by atoms with van der Waals surface area (Å²) < 4.78 is 11.6. The van der Waals surface area contributed by atoms with Crippen molar-refractivity contribution in [1.29, 1.82) is 0 Å². The van der Waals surface area contributed by atoms with Crippen LogP contribution in [-0.2, 0) is 4.74 Å². The van der Waals surface area contributed by atoms with Crippen LogP contribution in [0.1, 0.15) is 12.8 Å². The van der Waals surface area contributed by atoms with Crippen molar-refractivity contribution < 1.29 is 9.47 Å². The number of hydrogen-bond donors (Lipinski definition) is 2. The van der Waals surface area contributed by atoms with Crippen molar-refractivity contribution in [2.45, 2.75) is 18.9 Å². The molecule has 0 aromatic heterocycles. The summed E-state index contributed by atoms with van der Waals surface area (Å²) in [6.07, 6.45) is 2.55. The van der Waals surface area contributed by atoms with Crippen LogP contribution < -0.4 is 15.4 Å². The van der Waals surface area contributed by atoms with Crippen molar-refractivity contribution in [1.82, 2.24) is 10.6 Å². The summed E-state index contributed by atoms with van der Waals surface area (Å²) in [4.78, 5) is 4.24. The third kappa shape index (κ3) is 5.23. The molecule has 5 nitrogen and oxygen atoms in total. The van der Waals surface area contributed by atoms with Gasteiger partial charge in [-0.15, -0.1) is 0 Å². The Morgan fingerprint density at radius 1 is 1.12 bits per heavy atom. The van der Waals surface area contributed by atoms with Crippen molar-refractivity contribution >= 4 is 5.96 Å². The molecule has 26 heavy (non-hydrogen) atoms. The molecule has 0 radical (unpaired) electrons. The van der Waals surface area contributed by atoms with Gasteiger partial charge in [0.15, 0.2) is 5.96 Å². The second-order valence-electron chi connectivity index (χ2n) is 6.23. The van der Waals surface area contributed by atoms with Crippen molar-refractivity contribution in [3.05, 3.63) is 54.6 Å². The Bertz CT molecular complexity index is 697. The van der Waals surface area contributed by atoms with Gasteiger partial charge >= 0.3 is 0 Å². The Hall–Kier alpha value is -2.53. The minimum absolute atomic E-state index is 0.294. The first-order valence-corrected chi connectivity index (χ1v) is 9.20. The fourth-order valence-electron chi connectivity index (χ4n) is 3.02. The zero-order valence-corrected chi connectivity index (χ0v) is 15.3. The predicted molar refractivity (Wildman–Crippen MR) is 106 cm³/mol. The van der Waals surface area contributed by atoms with E-state index < -0.39 is 0 Å². The molecule has 1 heterocycles. The largest absolute Gasteiger partial charge is 0.491 e. The van der Waals surface area contributed by atoms with Crippen LogP contribution >= 0.6 is 0 Å². The number of guanidine groups is 1. The average molecular weight is 353 g/mol. The number of aliphatic imine (C=N–C) groups is 1. The Kier molecular flexibility index (Phi) is 6.90. The van der Waals surface area contributed by atoms with Gasteiger partial charge in [0.2, 0.25) is 0 Å². The molecule has 0 spiro atoms. The number of ether oxygens (including phenoxy) is 2. The monoisotopic (exact) mass is 353 g/mol. The second kappa shape index (κ2) is 9.82. The zero-order valence-electron chi connectivity index (χ0n) is 15.3. The molecule has 1 unspecified atom stereocenters. The van der Waals surface area contributed by atoms with E-state index in [2.05, 4.69) is 33.8 Å². The SMILES string of the molecule is CN=C(NCCOc1ccccc1-c1ccccc1)NCC1CCCO1. The summed E-state index contributed by atoms with van der Waals surface area (Å²) in [5.41, 5.74) is 2.26. The predicted octanol–water partition coefficient (Wildman–Crippen LogP) is 3.08. The van der Waals surface area contributed by atoms with Crippen LogP contribution in [0.2, 0.25) is 0 Å². The molecule has 1 fully saturated rings. The maximum absolute atomic E-state index is 5.99. The van der Waals surface area contributed by atoms with E-state index in [1.165, 1.54) is 0 Å². The summed E-state index contributed by atoms with van der Waals surface area (Å²) in [6.45, 7) is 2.89. The Morgan fingerprint density at radius 2 is 1.92 bits per heavy atom. The van der Waals surface area contributed by atoms with Crippen molar-refractivity contribution in [3.8, 4) is 16.9 Å². The van der Waals surface area contributed by atoms with Gasteiger partial charge in [0.25, 0.3) is 0 Å². The lowest BCUT2D eigenvalue weighted by Crippen LogP contribution is -2.42. The first-order chi connectivity index (χ1) is 12.9. The Balaban J connectivity index is 1.46. The highest BCUT2D eigenvalue weighted by Gasteiger charge is 2.15. The molecule has 2 aromatic carbocycles. The fourth-order valence-corrected chi connectivity index (χ4v) is 3.02. The fraction of sp³-hybridized carbons (Fsp3) is 0.381. The highest BCUT2D eigenvalue weighted by molar-refractivity contribution is 5.79. The lowest BCUT2D eigenvalue weighted by molar-refractivity contribution is 0.114. The number of hydrogen-bond acceptors (Lipinski definition) is 3. The van der Waals surface area contributed by atoms with E-state index in [4.69, 9.17) is 9.47 Å². The van der Waals surface area contributed by atoms with Crippen molar-refractivity contribution in [2.75, 3.05) is 33.4 Å². The lowest BCUT2D eigenvalue weighted by atomic mass is 10.1. The number of benzene rings is 2. The normalized spacial score (nSPS) is 17.1. The average Bonchev–Trinajstić information content (AvgIpc) is 3.22. The molecule has 0 aliphatic carbocycles. The third-order valence-corrected chi connectivity index (χ3v) is 4.37. The van der Waals surface area contributed by atoms with E-state index >= 15 is 0 Å². The van der Waals surface area contributed by atoms with Gasteiger partial charge in [0, 0.05) is 25.8 Å². The molecule has 0 bridgehead atoms. The molecule has 2 aromatic rings. The molecule has 3 rings (SSSR count). The standard InChI is InChI=1S/C21H27N3O2/c1-22-21(24-16-18-10-7-14-25-18)23-13-15-26-20-12-6-5-11-19(20)17-8-3-2-4-9-17/h2-6,8-9,11-12,18H,7,10,13-16H2,1H3,(H2,22,23,24). The molecule has 5 heteroatoms. The topological polar surface area (TPSA) is 54.9 Å². The van der Waals surface area contributed by atoms with Crippen molar-refractivity contribution in [3.63, 3.8) is 0 Å². The van der Waals surface area contributed by atoms with Crippen LogP contribution in [0.4, 0.5) is 0 Å². The minimum Gasteiger partial charge on any atom is -0.491 e. The maximum atomic E-state index is 5.99. The molecule has 1 aliphatic heterocycles. The van der Waals surface area contributed by atoms with Gasteiger partial charge in [-0.2, -0.15) is 0 Å². The van der Waals surface area contributed by atoms with Crippen LogP contribution in [0.5, 0.6) is 5.75 Å². The molecule has 0 saturated carbocycles. The summed E-state index contributed by atoms with van der Waals surface area (Å²) in [7, 11) is 1.77. The van der Waals surface area contributed by atoms with Crippen LogP contribution in [0.3, 0.4) is 0 Å². The van der Waals surface area contributed by atoms with Gasteiger partial charge in [0.1, 0.15) is 12.4 Å². The van der Waals surface area contributed by atoms with E-state index in [9.17, 15) is 0 Å². The maximum Gasteiger partial charge on any atom is 0.191 e. The van der Waals surface area contributed by atoms with E-state index in [0.717, 1.165) is 48.8 Å². The van der Waals surface area contributed by atoms with Gasteiger partial charge in [-0.3, -0.25) is 4.99 Å². The Labute approximate surface area is 155 Å². The summed E-state index contributed by atoms with van der Waals surface area (Å²) in [5.74, 6) is 1.67. The molecule has 2 N–H and O–H groups in total. The molecular weight excluding hydrogens is 326 g/mol. The highest BCUT2D eigenvalue weighted by Crippen LogP contribution is 2.29. The van der Waals surface area contributed by atoms with E-state index in [1.54, 1.807) is 7.05 Å². The number of rotatable bonds is 7. The van der Waals surface area contributed by atoms with Gasteiger partial charge in [-0.25, -0.2) is 0 Å². The summed E-state index contributed by atoms with van der Waals surface area (Å²) in [5, 5.41) is 6.59. The second-order valence-corrected chi connectivity index (χ2v) is 6.23. The molecule has 1 aliphatic rings. The van der Waals surface area contributed by atoms with E-state index in [-0.39, 0.29) is 0 Å². The van der Waals surface area contributed by atoms with Gasteiger partial charge in [0.05, 0.1) is 12.6 Å². The van der Waals surface area contributed by atoms with E-state index in [0.29, 0.717) is 19.3 Å². The third-order valence-electron chi connectivity index (χ3n) is 4.37. The smallest absolute Gasteiger partial charge is 0.191 e. The molecule has 1 atom stereocenters. The number of para-hydroxylation sites is 1. The quantitative estimate of drug-likeness (QED) is 0.456. The first-order valence-electron chi connectivity index (χ1n) is 9.20. The van der Waals surface area contributed by atoms with E-state index in [1.807, 2.05) is 36.4 Å². The summed E-state index contributed by atoms with van der Waals surface area (Å²) >= 11 is 0. The van der Waals surface area contributed by atoms with Crippen LogP contribution in [0, 0.1) is 0 Å². The molecule has 138 valence electrons. The molecule has 1 saturated heterocycles.